The summed E-state index contributed by atoms with van der Waals surface area (Å²) in [6.45, 7) is 1.93. The SMILES string of the molecule is CCCCc1ccc(NC(=O)Cn2cc(F)ccc2=O)cc1. The summed E-state index contributed by atoms with van der Waals surface area (Å²) in [4.78, 5) is 23.4. The highest BCUT2D eigenvalue weighted by Gasteiger charge is 2.06. The van der Waals surface area contributed by atoms with Crippen molar-refractivity contribution in [2.45, 2.75) is 32.7 Å². The smallest absolute Gasteiger partial charge is 0.251 e. The molecule has 0 saturated heterocycles. The number of carbonyl (C=O) groups is 1. The monoisotopic (exact) mass is 302 g/mol. The zero-order chi connectivity index (χ0) is 15.9. The van der Waals surface area contributed by atoms with Crippen LogP contribution in [0.3, 0.4) is 0 Å². The lowest BCUT2D eigenvalue weighted by Gasteiger charge is -2.08. The highest BCUT2D eigenvalue weighted by Crippen LogP contribution is 2.11. The van der Waals surface area contributed by atoms with Gasteiger partial charge in [-0.25, -0.2) is 4.39 Å². The van der Waals surface area contributed by atoms with E-state index in [-0.39, 0.29) is 12.5 Å². The number of pyridine rings is 1. The van der Waals surface area contributed by atoms with E-state index in [1.54, 1.807) is 0 Å². The van der Waals surface area contributed by atoms with Crippen LogP contribution in [0.15, 0.2) is 47.4 Å². The first-order valence-electron chi connectivity index (χ1n) is 7.33. The zero-order valence-corrected chi connectivity index (χ0v) is 12.5. The summed E-state index contributed by atoms with van der Waals surface area (Å²) in [6, 6.07) is 9.78. The van der Waals surface area contributed by atoms with Crippen LogP contribution >= 0.6 is 0 Å². The van der Waals surface area contributed by atoms with E-state index in [0.717, 1.165) is 42.2 Å². The minimum Gasteiger partial charge on any atom is -0.325 e. The number of carbonyl (C=O) groups excluding carboxylic acids is 1. The fourth-order valence-corrected chi connectivity index (χ4v) is 2.12. The number of anilines is 1. The van der Waals surface area contributed by atoms with Crippen LogP contribution in [0.25, 0.3) is 0 Å². The predicted molar refractivity (Wildman–Crippen MR) is 84.3 cm³/mol. The molecule has 0 bridgehead atoms. The van der Waals surface area contributed by atoms with Gasteiger partial charge in [0.05, 0.1) is 0 Å². The van der Waals surface area contributed by atoms with E-state index in [1.165, 1.54) is 5.56 Å². The lowest BCUT2D eigenvalue weighted by Crippen LogP contribution is -2.27. The second kappa shape index (κ2) is 7.54. The molecule has 1 heterocycles. The van der Waals surface area contributed by atoms with Gasteiger partial charge in [-0.2, -0.15) is 0 Å². The first kappa shape index (κ1) is 15.9. The van der Waals surface area contributed by atoms with E-state index in [9.17, 15) is 14.0 Å². The normalized spacial score (nSPS) is 10.5. The Labute approximate surface area is 128 Å². The molecule has 0 spiro atoms. The van der Waals surface area contributed by atoms with Crippen molar-refractivity contribution in [3.63, 3.8) is 0 Å². The van der Waals surface area contributed by atoms with E-state index < -0.39 is 11.4 Å². The molecule has 2 rings (SSSR count). The van der Waals surface area contributed by atoms with E-state index in [1.807, 2.05) is 24.3 Å². The third-order valence-corrected chi connectivity index (χ3v) is 3.32. The summed E-state index contributed by atoms with van der Waals surface area (Å²) in [5.74, 6) is -0.915. The number of halogens is 1. The summed E-state index contributed by atoms with van der Waals surface area (Å²) in [5.41, 5.74) is 1.47. The molecule has 5 heteroatoms. The Balaban J connectivity index is 1.97. The van der Waals surface area contributed by atoms with Gasteiger partial charge >= 0.3 is 0 Å². The van der Waals surface area contributed by atoms with Gasteiger partial charge in [0.2, 0.25) is 5.91 Å². The van der Waals surface area contributed by atoms with E-state index >= 15 is 0 Å². The molecule has 2 aromatic rings. The number of amides is 1. The molecule has 0 radical (unpaired) electrons. The summed E-state index contributed by atoms with van der Waals surface area (Å²) < 4.78 is 14.1. The minimum atomic E-state index is -0.548. The quantitative estimate of drug-likeness (QED) is 0.892. The lowest BCUT2D eigenvalue weighted by atomic mass is 10.1. The van der Waals surface area contributed by atoms with Crippen molar-refractivity contribution in [1.29, 1.82) is 0 Å². The van der Waals surface area contributed by atoms with Crippen LogP contribution in [0.1, 0.15) is 25.3 Å². The maximum Gasteiger partial charge on any atom is 0.251 e. The Bertz CT molecular complexity index is 693. The molecule has 0 saturated carbocycles. The molecular weight excluding hydrogens is 283 g/mol. The predicted octanol–water partition coefficient (Wildman–Crippen LogP) is 2.97. The highest BCUT2D eigenvalue weighted by atomic mass is 19.1. The summed E-state index contributed by atoms with van der Waals surface area (Å²) in [5, 5.41) is 2.70. The number of unbranched alkanes of at least 4 members (excludes halogenated alkanes) is 1. The first-order valence-corrected chi connectivity index (χ1v) is 7.33. The molecule has 1 aromatic heterocycles. The molecule has 22 heavy (non-hydrogen) atoms. The van der Waals surface area contributed by atoms with E-state index in [0.29, 0.717) is 5.69 Å². The molecule has 116 valence electrons. The van der Waals surface area contributed by atoms with Crippen LogP contribution in [-0.4, -0.2) is 10.5 Å². The third kappa shape index (κ3) is 4.55. The van der Waals surface area contributed by atoms with Crippen LogP contribution in [-0.2, 0) is 17.8 Å². The van der Waals surface area contributed by atoms with Crippen molar-refractivity contribution in [2.24, 2.45) is 0 Å². The summed E-state index contributed by atoms with van der Waals surface area (Å²) in [6.07, 6.45) is 4.31. The average molecular weight is 302 g/mol. The van der Waals surface area contributed by atoms with Crippen molar-refractivity contribution >= 4 is 11.6 Å². The van der Waals surface area contributed by atoms with Gasteiger partial charge in [-0.3, -0.25) is 9.59 Å². The van der Waals surface area contributed by atoms with Gasteiger partial charge in [-0.15, -0.1) is 0 Å². The number of aromatic nitrogens is 1. The largest absolute Gasteiger partial charge is 0.325 e. The highest BCUT2D eigenvalue weighted by molar-refractivity contribution is 5.90. The fourth-order valence-electron chi connectivity index (χ4n) is 2.12. The minimum absolute atomic E-state index is 0.214. The van der Waals surface area contributed by atoms with Gasteiger partial charge in [0.25, 0.3) is 5.56 Å². The molecule has 0 unspecified atom stereocenters. The Morgan fingerprint density at radius 1 is 1.18 bits per heavy atom. The lowest BCUT2D eigenvalue weighted by molar-refractivity contribution is -0.116. The first-order chi connectivity index (χ1) is 10.6. The second-order valence-corrected chi connectivity index (χ2v) is 5.16. The van der Waals surface area contributed by atoms with Crippen LogP contribution in [0, 0.1) is 5.82 Å². The molecular formula is C17H19FN2O2. The van der Waals surface area contributed by atoms with Crippen molar-refractivity contribution in [2.75, 3.05) is 5.32 Å². The van der Waals surface area contributed by atoms with Crippen molar-refractivity contribution in [3.8, 4) is 0 Å². The van der Waals surface area contributed by atoms with E-state index in [2.05, 4.69) is 12.2 Å². The standard InChI is InChI=1S/C17H19FN2O2/c1-2-3-4-13-5-8-15(9-6-13)19-16(21)12-20-11-14(18)7-10-17(20)22/h5-11H,2-4,12H2,1H3,(H,19,21). The number of nitrogens with one attached hydrogen (secondary N) is 1. The number of benzene rings is 1. The molecule has 0 aliphatic rings. The summed E-state index contributed by atoms with van der Waals surface area (Å²) >= 11 is 0. The maximum atomic E-state index is 13.1. The molecule has 0 fully saturated rings. The number of hydrogen-bond acceptors (Lipinski definition) is 2. The third-order valence-electron chi connectivity index (χ3n) is 3.32. The maximum absolute atomic E-state index is 13.1. The molecule has 1 aromatic carbocycles. The van der Waals surface area contributed by atoms with Crippen LogP contribution in [0.2, 0.25) is 0 Å². The number of hydrogen-bond donors (Lipinski definition) is 1. The Morgan fingerprint density at radius 2 is 1.91 bits per heavy atom. The molecule has 4 nitrogen and oxygen atoms in total. The summed E-state index contributed by atoms with van der Waals surface area (Å²) in [7, 11) is 0. The Kier molecular flexibility index (Phi) is 5.47. The van der Waals surface area contributed by atoms with E-state index in [4.69, 9.17) is 0 Å². The zero-order valence-electron chi connectivity index (χ0n) is 12.5. The molecule has 0 atom stereocenters. The number of aryl methyl sites for hydroxylation is 1. The number of rotatable bonds is 6. The molecule has 0 aliphatic heterocycles. The van der Waals surface area contributed by atoms with Crippen molar-refractivity contribution in [1.82, 2.24) is 4.57 Å². The number of nitrogens with zero attached hydrogens (tertiary/aromatic N) is 1. The van der Waals surface area contributed by atoms with Gasteiger partial charge < -0.3 is 9.88 Å². The van der Waals surface area contributed by atoms with Crippen LogP contribution in [0.4, 0.5) is 10.1 Å². The van der Waals surface area contributed by atoms with Crippen molar-refractivity contribution < 1.29 is 9.18 Å². The van der Waals surface area contributed by atoms with Gasteiger partial charge in [0, 0.05) is 18.0 Å². The molecule has 1 N–H and O–H groups in total. The molecule has 0 aliphatic carbocycles. The Hall–Kier alpha value is -2.43. The topological polar surface area (TPSA) is 51.1 Å². The Morgan fingerprint density at radius 3 is 2.59 bits per heavy atom. The average Bonchev–Trinajstić information content (AvgIpc) is 2.50. The van der Waals surface area contributed by atoms with Crippen LogP contribution in [0.5, 0.6) is 0 Å². The second-order valence-electron chi connectivity index (χ2n) is 5.16. The van der Waals surface area contributed by atoms with Gasteiger partial charge in [-0.05, 0) is 36.6 Å². The van der Waals surface area contributed by atoms with Crippen molar-refractivity contribution in [3.05, 3.63) is 64.3 Å². The van der Waals surface area contributed by atoms with Gasteiger partial charge in [0.1, 0.15) is 12.4 Å². The van der Waals surface area contributed by atoms with Gasteiger partial charge in [0.15, 0.2) is 0 Å². The molecule has 1 amide bonds. The van der Waals surface area contributed by atoms with Gasteiger partial charge in [-0.1, -0.05) is 25.5 Å². The van der Waals surface area contributed by atoms with Crippen LogP contribution < -0.4 is 10.9 Å². The fraction of sp³-hybridized carbons (Fsp3) is 0.294.